The van der Waals surface area contributed by atoms with Crippen LogP contribution < -0.4 is 10.6 Å². The molecule has 3 aromatic rings. The number of anilines is 4. The van der Waals surface area contributed by atoms with Gasteiger partial charge in [-0.2, -0.15) is 0 Å². The van der Waals surface area contributed by atoms with E-state index in [4.69, 9.17) is 0 Å². The zero-order valence-electron chi connectivity index (χ0n) is 14.5. The summed E-state index contributed by atoms with van der Waals surface area (Å²) in [6, 6.07) is 17.3. The van der Waals surface area contributed by atoms with Gasteiger partial charge in [-0.25, -0.2) is 9.97 Å². The van der Waals surface area contributed by atoms with E-state index in [1.807, 2.05) is 56.3 Å². The van der Waals surface area contributed by atoms with Gasteiger partial charge in [0.25, 0.3) is 0 Å². The fourth-order valence-electron chi connectivity index (χ4n) is 2.53. The van der Waals surface area contributed by atoms with Crippen LogP contribution in [-0.4, -0.2) is 15.8 Å². The number of hydrogen-bond donors (Lipinski definition) is 2. The zero-order valence-corrected chi connectivity index (χ0v) is 14.5. The van der Waals surface area contributed by atoms with Crippen molar-refractivity contribution in [2.45, 2.75) is 20.8 Å². The molecule has 0 aliphatic rings. The summed E-state index contributed by atoms with van der Waals surface area (Å²) in [7, 11) is 0. The highest BCUT2D eigenvalue weighted by molar-refractivity contribution is 5.95. The maximum Gasteiger partial charge on any atom is 0.159 e. The molecule has 5 heteroatoms. The van der Waals surface area contributed by atoms with Crippen LogP contribution >= 0.6 is 0 Å². The SMILES string of the molecule is CC(=O)c1cccc(Nc2cc(Nc3cccc(C)c3)nc(C)n2)c1. The minimum Gasteiger partial charge on any atom is -0.340 e. The molecule has 2 aromatic carbocycles. The number of hydrogen-bond acceptors (Lipinski definition) is 5. The normalized spacial score (nSPS) is 10.4. The molecule has 126 valence electrons. The average Bonchev–Trinajstić information content (AvgIpc) is 2.54. The Balaban J connectivity index is 1.84. The summed E-state index contributed by atoms with van der Waals surface area (Å²) in [6.45, 7) is 5.45. The van der Waals surface area contributed by atoms with Gasteiger partial charge in [-0.3, -0.25) is 4.79 Å². The first kappa shape index (κ1) is 16.6. The Morgan fingerprint density at radius 2 is 1.44 bits per heavy atom. The van der Waals surface area contributed by atoms with E-state index in [0.29, 0.717) is 23.0 Å². The highest BCUT2D eigenvalue weighted by Gasteiger charge is 2.05. The van der Waals surface area contributed by atoms with Gasteiger partial charge in [-0.15, -0.1) is 0 Å². The first-order valence-electron chi connectivity index (χ1n) is 8.07. The summed E-state index contributed by atoms with van der Waals surface area (Å²) >= 11 is 0. The summed E-state index contributed by atoms with van der Waals surface area (Å²) in [6.07, 6.45) is 0. The van der Waals surface area contributed by atoms with Crippen LogP contribution in [0.5, 0.6) is 0 Å². The van der Waals surface area contributed by atoms with Crippen molar-refractivity contribution < 1.29 is 4.79 Å². The Bertz CT molecular complexity index is 921. The van der Waals surface area contributed by atoms with Gasteiger partial charge < -0.3 is 10.6 Å². The molecule has 1 heterocycles. The molecular formula is C20H20N4O. The van der Waals surface area contributed by atoms with Crippen LogP contribution in [0.15, 0.2) is 54.6 Å². The molecule has 0 aliphatic carbocycles. The Kier molecular flexibility index (Phi) is 4.75. The Morgan fingerprint density at radius 1 is 0.840 bits per heavy atom. The van der Waals surface area contributed by atoms with Crippen molar-refractivity contribution in [3.8, 4) is 0 Å². The molecular weight excluding hydrogens is 312 g/mol. The molecule has 0 saturated carbocycles. The highest BCUT2D eigenvalue weighted by atomic mass is 16.1. The minimum absolute atomic E-state index is 0.0318. The number of nitrogens with one attached hydrogen (secondary N) is 2. The van der Waals surface area contributed by atoms with Gasteiger partial charge in [0.15, 0.2) is 5.78 Å². The monoisotopic (exact) mass is 332 g/mol. The third kappa shape index (κ3) is 4.41. The van der Waals surface area contributed by atoms with E-state index < -0.39 is 0 Å². The summed E-state index contributed by atoms with van der Waals surface area (Å²) < 4.78 is 0. The summed E-state index contributed by atoms with van der Waals surface area (Å²) in [5.74, 6) is 2.07. The third-order valence-electron chi connectivity index (χ3n) is 3.67. The van der Waals surface area contributed by atoms with Crippen molar-refractivity contribution >= 4 is 28.8 Å². The van der Waals surface area contributed by atoms with E-state index in [1.54, 1.807) is 13.0 Å². The molecule has 0 radical (unpaired) electrons. The smallest absolute Gasteiger partial charge is 0.159 e. The summed E-state index contributed by atoms with van der Waals surface area (Å²) in [5.41, 5.74) is 3.62. The number of ketones is 1. The number of carbonyl (C=O) groups is 1. The lowest BCUT2D eigenvalue weighted by atomic mass is 10.1. The van der Waals surface area contributed by atoms with E-state index >= 15 is 0 Å². The van der Waals surface area contributed by atoms with Gasteiger partial charge in [0.2, 0.25) is 0 Å². The second kappa shape index (κ2) is 7.13. The predicted octanol–water partition coefficient (Wildman–Crippen LogP) is 4.78. The van der Waals surface area contributed by atoms with Gasteiger partial charge in [-0.1, -0.05) is 24.3 Å². The van der Waals surface area contributed by atoms with Crippen LogP contribution in [0.1, 0.15) is 28.7 Å². The molecule has 0 bridgehead atoms. The van der Waals surface area contributed by atoms with Crippen LogP contribution in [0.3, 0.4) is 0 Å². The second-order valence-corrected chi connectivity index (χ2v) is 5.94. The molecule has 0 amide bonds. The molecule has 0 saturated heterocycles. The first-order valence-corrected chi connectivity index (χ1v) is 8.07. The molecule has 2 N–H and O–H groups in total. The Morgan fingerprint density at radius 3 is 2.04 bits per heavy atom. The number of nitrogens with zero attached hydrogens (tertiary/aromatic N) is 2. The lowest BCUT2D eigenvalue weighted by molar-refractivity contribution is 0.101. The fourth-order valence-corrected chi connectivity index (χ4v) is 2.53. The van der Waals surface area contributed by atoms with Crippen LogP contribution in [0, 0.1) is 13.8 Å². The van der Waals surface area contributed by atoms with Crippen molar-refractivity contribution in [1.82, 2.24) is 9.97 Å². The Labute approximate surface area is 147 Å². The molecule has 0 fully saturated rings. The van der Waals surface area contributed by atoms with Crippen molar-refractivity contribution in [3.63, 3.8) is 0 Å². The van der Waals surface area contributed by atoms with Gasteiger partial charge in [0.1, 0.15) is 17.5 Å². The Hall–Kier alpha value is -3.21. The van der Waals surface area contributed by atoms with Crippen molar-refractivity contribution in [2.75, 3.05) is 10.6 Å². The van der Waals surface area contributed by atoms with Crippen molar-refractivity contribution in [2.24, 2.45) is 0 Å². The van der Waals surface area contributed by atoms with Crippen molar-refractivity contribution in [3.05, 3.63) is 71.5 Å². The van der Waals surface area contributed by atoms with E-state index in [1.165, 1.54) is 5.56 Å². The largest absolute Gasteiger partial charge is 0.340 e. The third-order valence-corrected chi connectivity index (χ3v) is 3.67. The number of rotatable bonds is 5. The number of aryl methyl sites for hydroxylation is 2. The van der Waals surface area contributed by atoms with Crippen LogP contribution in [0.25, 0.3) is 0 Å². The summed E-state index contributed by atoms with van der Waals surface area (Å²) in [4.78, 5) is 20.4. The first-order chi connectivity index (χ1) is 12.0. The lowest BCUT2D eigenvalue weighted by Crippen LogP contribution is -2.02. The number of aromatic nitrogens is 2. The van der Waals surface area contributed by atoms with E-state index in [2.05, 4.69) is 26.7 Å². The van der Waals surface area contributed by atoms with E-state index in [-0.39, 0.29) is 5.78 Å². The minimum atomic E-state index is 0.0318. The highest BCUT2D eigenvalue weighted by Crippen LogP contribution is 2.21. The number of Topliss-reactive ketones (excluding diaryl/α,β-unsaturated/α-hetero) is 1. The molecule has 1 aromatic heterocycles. The van der Waals surface area contributed by atoms with Crippen LogP contribution in [0.2, 0.25) is 0 Å². The topological polar surface area (TPSA) is 66.9 Å². The van der Waals surface area contributed by atoms with Gasteiger partial charge in [0.05, 0.1) is 0 Å². The number of carbonyl (C=O) groups excluding carboxylic acids is 1. The van der Waals surface area contributed by atoms with Crippen LogP contribution in [0.4, 0.5) is 23.0 Å². The molecule has 3 rings (SSSR count). The number of benzene rings is 2. The van der Waals surface area contributed by atoms with Crippen molar-refractivity contribution in [1.29, 1.82) is 0 Å². The molecule has 0 aliphatic heterocycles. The van der Waals surface area contributed by atoms with E-state index in [9.17, 15) is 4.79 Å². The quantitative estimate of drug-likeness (QED) is 0.658. The summed E-state index contributed by atoms with van der Waals surface area (Å²) in [5, 5.41) is 6.53. The molecule has 0 spiro atoms. The molecule has 5 nitrogen and oxygen atoms in total. The average molecular weight is 332 g/mol. The van der Waals surface area contributed by atoms with E-state index in [0.717, 1.165) is 11.4 Å². The van der Waals surface area contributed by atoms with Gasteiger partial charge in [-0.05, 0) is 50.6 Å². The molecule has 25 heavy (non-hydrogen) atoms. The molecule has 0 atom stereocenters. The molecule has 0 unspecified atom stereocenters. The lowest BCUT2D eigenvalue weighted by Gasteiger charge is -2.11. The maximum atomic E-state index is 11.5. The van der Waals surface area contributed by atoms with Crippen LogP contribution in [-0.2, 0) is 0 Å². The maximum absolute atomic E-state index is 11.5. The second-order valence-electron chi connectivity index (χ2n) is 5.94. The zero-order chi connectivity index (χ0) is 17.8. The van der Waals surface area contributed by atoms with Gasteiger partial charge >= 0.3 is 0 Å². The standard InChI is InChI=1S/C20H20N4O/c1-13-6-4-8-17(10-13)23-19-12-20(22-15(3)21-19)24-18-9-5-7-16(11-18)14(2)25/h4-12H,1-3H3,(H2,21,22,23,24). The fraction of sp³-hybridized carbons (Fsp3) is 0.150. The van der Waals surface area contributed by atoms with Gasteiger partial charge in [0, 0.05) is 23.0 Å². The predicted molar refractivity (Wildman–Crippen MR) is 101 cm³/mol.